The molecule has 0 unspecified atom stereocenters. The zero-order valence-corrected chi connectivity index (χ0v) is 17.0. The standard InChI is InChI=1S/C20H28ClN3O3/c1-20(2,3)27-19(26)23-12-10-22(11-13-23)17-8-9-24(14-17)18(25)15-4-6-16(21)7-5-15/h4-7,17H,8-14H2,1-3H3/t17-/m1/s1. The van der Waals surface area contributed by atoms with Crippen molar-refractivity contribution in [1.29, 1.82) is 0 Å². The molecule has 2 heterocycles. The molecule has 7 heteroatoms. The van der Waals surface area contributed by atoms with Gasteiger partial charge in [0.15, 0.2) is 0 Å². The van der Waals surface area contributed by atoms with Gasteiger partial charge in [0.25, 0.3) is 5.91 Å². The molecule has 2 saturated heterocycles. The Labute approximate surface area is 166 Å². The van der Waals surface area contributed by atoms with Crippen LogP contribution >= 0.6 is 11.6 Å². The highest BCUT2D eigenvalue weighted by Gasteiger charge is 2.34. The number of hydrogen-bond donors (Lipinski definition) is 0. The number of likely N-dealkylation sites (tertiary alicyclic amines) is 1. The molecule has 1 atom stereocenters. The Balaban J connectivity index is 1.49. The summed E-state index contributed by atoms with van der Waals surface area (Å²) in [4.78, 5) is 30.9. The Morgan fingerprint density at radius 2 is 1.63 bits per heavy atom. The SMILES string of the molecule is CC(C)(C)OC(=O)N1CCN([C@@H]2CCN(C(=O)c3ccc(Cl)cc3)C2)CC1. The van der Waals surface area contributed by atoms with Gasteiger partial charge in [-0.2, -0.15) is 0 Å². The van der Waals surface area contributed by atoms with Crippen LogP contribution in [0.5, 0.6) is 0 Å². The fourth-order valence-electron chi connectivity index (χ4n) is 3.60. The molecule has 27 heavy (non-hydrogen) atoms. The van der Waals surface area contributed by atoms with Crippen molar-refractivity contribution in [2.45, 2.75) is 38.8 Å². The van der Waals surface area contributed by atoms with Crippen LogP contribution in [0.15, 0.2) is 24.3 Å². The number of amides is 2. The molecule has 0 aliphatic carbocycles. The van der Waals surface area contributed by atoms with Gasteiger partial charge in [-0.1, -0.05) is 11.6 Å². The highest BCUT2D eigenvalue weighted by Crippen LogP contribution is 2.21. The molecule has 2 fully saturated rings. The quantitative estimate of drug-likeness (QED) is 0.774. The second kappa shape index (κ2) is 8.07. The molecule has 6 nitrogen and oxygen atoms in total. The number of rotatable bonds is 2. The van der Waals surface area contributed by atoms with Crippen LogP contribution in [-0.4, -0.2) is 77.6 Å². The Kier molecular flexibility index (Phi) is 5.96. The maximum atomic E-state index is 12.7. The number of ether oxygens (including phenoxy) is 1. The van der Waals surface area contributed by atoms with Crippen molar-refractivity contribution >= 4 is 23.6 Å². The molecule has 148 valence electrons. The van der Waals surface area contributed by atoms with E-state index in [2.05, 4.69) is 4.90 Å². The van der Waals surface area contributed by atoms with Crippen LogP contribution < -0.4 is 0 Å². The second-order valence-electron chi connectivity index (χ2n) is 8.20. The first-order valence-electron chi connectivity index (χ1n) is 9.50. The van der Waals surface area contributed by atoms with Crippen molar-refractivity contribution < 1.29 is 14.3 Å². The number of carbonyl (C=O) groups excluding carboxylic acids is 2. The predicted molar refractivity (Wildman–Crippen MR) is 105 cm³/mol. The van der Waals surface area contributed by atoms with E-state index in [1.54, 1.807) is 29.2 Å². The third-order valence-electron chi connectivity index (χ3n) is 5.02. The summed E-state index contributed by atoms with van der Waals surface area (Å²) < 4.78 is 5.45. The van der Waals surface area contributed by atoms with Gasteiger partial charge in [0.05, 0.1) is 0 Å². The van der Waals surface area contributed by atoms with Gasteiger partial charge in [0.2, 0.25) is 0 Å². The molecule has 2 aliphatic heterocycles. The number of nitrogens with zero attached hydrogens (tertiary/aromatic N) is 3. The van der Waals surface area contributed by atoms with E-state index in [4.69, 9.17) is 16.3 Å². The molecule has 2 amide bonds. The van der Waals surface area contributed by atoms with Gasteiger partial charge in [-0.05, 0) is 51.5 Å². The predicted octanol–water partition coefficient (Wildman–Crippen LogP) is 3.11. The van der Waals surface area contributed by atoms with Crippen molar-refractivity contribution in [3.05, 3.63) is 34.9 Å². The fraction of sp³-hybridized carbons (Fsp3) is 0.600. The minimum atomic E-state index is -0.470. The van der Waals surface area contributed by atoms with E-state index in [0.717, 1.165) is 32.6 Å². The minimum Gasteiger partial charge on any atom is -0.444 e. The first-order chi connectivity index (χ1) is 12.7. The molecule has 2 aliphatic rings. The van der Waals surface area contributed by atoms with Gasteiger partial charge in [-0.15, -0.1) is 0 Å². The van der Waals surface area contributed by atoms with E-state index in [1.165, 1.54) is 0 Å². The Bertz CT molecular complexity index is 679. The van der Waals surface area contributed by atoms with Gasteiger partial charge in [0, 0.05) is 55.9 Å². The average molecular weight is 394 g/mol. The normalized spacial score (nSPS) is 21.4. The minimum absolute atomic E-state index is 0.0570. The molecule has 0 aromatic heterocycles. The van der Waals surface area contributed by atoms with Gasteiger partial charge < -0.3 is 14.5 Å². The molecular formula is C20H28ClN3O3. The summed E-state index contributed by atoms with van der Waals surface area (Å²) in [6.45, 7) is 10.1. The summed E-state index contributed by atoms with van der Waals surface area (Å²) >= 11 is 5.90. The van der Waals surface area contributed by atoms with Gasteiger partial charge in [-0.25, -0.2) is 4.79 Å². The molecule has 3 rings (SSSR count). The Hall–Kier alpha value is -1.79. The van der Waals surface area contributed by atoms with Crippen LogP contribution in [0.2, 0.25) is 5.02 Å². The van der Waals surface area contributed by atoms with Crippen molar-refractivity contribution in [3.63, 3.8) is 0 Å². The number of carbonyl (C=O) groups is 2. The lowest BCUT2D eigenvalue weighted by molar-refractivity contribution is 0.0108. The van der Waals surface area contributed by atoms with Crippen molar-refractivity contribution in [2.24, 2.45) is 0 Å². The first-order valence-corrected chi connectivity index (χ1v) is 9.87. The molecular weight excluding hydrogens is 366 g/mol. The van der Waals surface area contributed by atoms with E-state index in [9.17, 15) is 9.59 Å². The van der Waals surface area contributed by atoms with Gasteiger partial charge in [-0.3, -0.25) is 9.69 Å². The summed E-state index contributed by atoms with van der Waals surface area (Å²) in [5.41, 5.74) is 0.206. The zero-order valence-electron chi connectivity index (χ0n) is 16.3. The topological polar surface area (TPSA) is 53.1 Å². The monoisotopic (exact) mass is 393 g/mol. The lowest BCUT2D eigenvalue weighted by Gasteiger charge is -2.38. The lowest BCUT2D eigenvalue weighted by atomic mass is 10.2. The smallest absolute Gasteiger partial charge is 0.410 e. The van der Waals surface area contributed by atoms with Crippen LogP contribution in [0.1, 0.15) is 37.6 Å². The summed E-state index contributed by atoms with van der Waals surface area (Å²) in [7, 11) is 0. The molecule has 1 aromatic rings. The molecule has 0 spiro atoms. The maximum absolute atomic E-state index is 12.7. The molecule has 1 aromatic carbocycles. The largest absolute Gasteiger partial charge is 0.444 e. The Morgan fingerprint density at radius 3 is 2.22 bits per heavy atom. The summed E-state index contributed by atoms with van der Waals surface area (Å²) in [5, 5.41) is 0.633. The summed E-state index contributed by atoms with van der Waals surface area (Å²) in [6.07, 6.45) is 0.722. The molecule has 0 saturated carbocycles. The molecule has 0 N–H and O–H groups in total. The number of hydrogen-bond acceptors (Lipinski definition) is 4. The Morgan fingerprint density at radius 1 is 1.00 bits per heavy atom. The number of halogens is 1. The van der Waals surface area contributed by atoms with Gasteiger partial charge >= 0.3 is 6.09 Å². The van der Waals surface area contributed by atoms with Crippen LogP contribution in [0.3, 0.4) is 0 Å². The van der Waals surface area contributed by atoms with Crippen LogP contribution in [0.25, 0.3) is 0 Å². The van der Waals surface area contributed by atoms with E-state index < -0.39 is 5.60 Å². The van der Waals surface area contributed by atoms with Crippen LogP contribution in [0.4, 0.5) is 4.79 Å². The van der Waals surface area contributed by atoms with E-state index in [0.29, 0.717) is 29.7 Å². The average Bonchev–Trinajstić information content (AvgIpc) is 3.10. The molecule has 0 bridgehead atoms. The highest BCUT2D eigenvalue weighted by atomic mass is 35.5. The van der Waals surface area contributed by atoms with Crippen molar-refractivity contribution in [3.8, 4) is 0 Å². The van der Waals surface area contributed by atoms with Gasteiger partial charge in [0.1, 0.15) is 5.60 Å². The van der Waals surface area contributed by atoms with Crippen LogP contribution in [-0.2, 0) is 4.74 Å². The first kappa shape index (κ1) is 20.0. The molecule has 0 radical (unpaired) electrons. The van der Waals surface area contributed by atoms with E-state index in [-0.39, 0.29) is 12.0 Å². The maximum Gasteiger partial charge on any atom is 0.410 e. The third-order valence-corrected chi connectivity index (χ3v) is 5.28. The third kappa shape index (κ3) is 5.14. The summed E-state index contributed by atoms with van der Waals surface area (Å²) in [5.74, 6) is 0.0570. The fourth-order valence-corrected chi connectivity index (χ4v) is 3.72. The zero-order chi connectivity index (χ0) is 19.6. The highest BCUT2D eigenvalue weighted by molar-refractivity contribution is 6.30. The number of piperazine rings is 1. The van der Waals surface area contributed by atoms with Crippen molar-refractivity contribution in [1.82, 2.24) is 14.7 Å². The van der Waals surface area contributed by atoms with Crippen LogP contribution in [0, 0.1) is 0 Å². The van der Waals surface area contributed by atoms with E-state index in [1.807, 2.05) is 25.7 Å². The van der Waals surface area contributed by atoms with E-state index >= 15 is 0 Å². The second-order valence-corrected chi connectivity index (χ2v) is 8.64. The lowest BCUT2D eigenvalue weighted by Crippen LogP contribution is -2.53. The summed E-state index contributed by atoms with van der Waals surface area (Å²) in [6, 6.07) is 7.40. The number of benzene rings is 1. The van der Waals surface area contributed by atoms with Crippen molar-refractivity contribution in [2.75, 3.05) is 39.3 Å².